The van der Waals surface area contributed by atoms with Gasteiger partial charge in [0.2, 0.25) is 0 Å². The molecule has 0 saturated heterocycles. The Kier molecular flexibility index (Phi) is 4.44. The van der Waals surface area contributed by atoms with Crippen LogP contribution < -0.4 is 0 Å². The molecule has 2 nitrogen and oxygen atoms in total. The highest BCUT2D eigenvalue weighted by Gasteiger charge is 2.28. The van der Waals surface area contributed by atoms with E-state index in [1.54, 1.807) is 0 Å². The van der Waals surface area contributed by atoms with E-state index in [1.165, 1.54) is 53.9 Å². The van der Waals surface area contributed by atoms with E-state index >= 15 is 0 Å². The summed E-state index contributed by atoms with van der Waals surface area (Å²) in [6.45, 7) is 4.23. The topological polar surface area (TPSA) is 28.7 Å². The summed E-state index contributed by atoms with van der Waals surface area (Å²) in [4.78, 5) is 8.52. The first-order valence-electron chi connectivity index (χ1n) is 9.41. The first-order valence-corrected chi connectivity index (χ1v) is 9.41. The van der Waals surface area contributed by atoms with Gasteiger partial charge in [0.05, 0.1) is 5.69 Å². The van der Waals surface area contributed by atoms with E-state index in [1.807, 2.05) is 0 Å². The Bertz CT molecular complexity index is 842. The summed E-state index contributed by atoms with van der Waals surface area (Å²) in [5.74, 6) is 1.11. The number of benzene rings is 1. The molecule has 3 aromatic rings. The summed E-state index contributed by atoms with van der Waals surface area (Å²) in [7, 11) is 0. The van der Waals surface area contributed by atoms with Gasteiger partial charge in [0.15, 0.2) is 0 Å². The molecule has 0 amide bonds. The number of aromatic nitrogens is 2. The molecular weight excluding hydrogens is 304 g/mol. The summed E-state index contributed by atoms with van der Waals surface area (Å²) in [6, 6.07) is 19.7. The van der Waals surface area contributed by atoms with Gasteiger partial charge in [-0.3, -0.25) is 4.98 Å². The van der Waals surface area contributed by atoms with Crippen molar-refractivity contribution in [1.29, 1.82) is 0 Å². The molecule has 2 heterocycles. The summed E-state index contributed by atoms with van der Waals surface area (Å²) in [6.07, 6.45) is 5.33. The third-order valence-electron chi connectivity index (χ3n) is 5.54. The van der Waals surface area contributed by atoms with E-state index < -0.39 is 0 Å². The number of pyridine rings is 1. The van der Waals surface area contributed by atoms with Crippen molar-refractivity contribution in [2.24, 2.45) is 5.92 Å². The predicted octanol–water partition coefficient (Wildman–Crippen LogP) is 6.02. The molecule has 0 radical (unpaired) electrons. The van der Waals surface area contributed by atoms with Crippen LogP contribution in [0, 0.1) is 19.8 Å². The number of nitrogens with zero attached hydrogens (tertiary/aromatic N) is 1. The van der Waals surface area contributed by atoms with Crippen LogP contribution in [-0.2, 0) is 0 Å². The molecule has 0 bridgehead atoms. The Labute approximate surface area is 150 Å². The average molecular weight is 330 g/mol. The fraction of sp³-hybridized carbons (Fsp3) is 0.348. The lowest BCUT2D eigenvalue weighted by Gasteiger charge is -2.24. The highest BCUT2D eigenvalue weighted by molar-refractivity contribution is 5.63. The van der Waals surface area contributed by atoms with Crippen LogP contribution in [0.15, 0.2) is 54.6 Å². The molecule has 2 heteroatoms. The van der Waals surface area contributed by atoms with E-state index in [2.05, 4.69) is 73.4 Å². The molecule has 1 aliphatic carbocycles. The van der Waals surface area contributed by atoms with Gasteiger partial charge in [-0.25, -0.2) is 0 Å². The maximum absolute atomic E-state index is 5.12. The lowest BCUT2D eigenvalue weighted by atomic mass is 9.82. The van der Waals surface area contributed by atoms with Gasteiger partial charge < -0.3 is 4.98 Å². The van der Waals surface area contributed by atoms with Crippen molar-refractivity contribution in [2.75, 3.05) is 0 Å². The maximum atomic E-state index is 5.12. The van der Waals surface area contributed by atoms with Crippen LogP contribution in [0.5, 0.6) is 0 Å². The molecule has 0 spiro atoms. The third kappa shape index (κ3) is 3.26. The fourth-order valence-electron chi connectivity index (χ4n) is 4.40. The Morgan fingerprint density at radius 3 is 2.40 bits per heavy atom. The molecule has 1 aliphatic rings. The number of rotatable bonds is 4. The molecule has 1 saturated carbocycles. The van der Waals surface area contributed by atoms with E-state index in [9.17, 15) is 0 Å². The number of aryl methyl sites for hydroxylation is 2. The number of hydrogen-bond acceptors (Lipinski definition) is 1. The van der Waals surface area contributed by atoms with Crippen molar-refractivity contribution in [3.63, 3.8) is 0 Å². The summed E-state index contributed by atoms with van der Waals surface area (Å²) in [5, 5.41) is 0. The molecule has 2 aromatic heterocycles. The lowest BCUT2D eigenvalue weighted by Crippen LogP contribution is -2.13. The minimum atomic E-state index is 0.406. The van der Waals surface area contributed by atoms with Gasteiger partial charge >= 0.3 is 0 Å². The SMILES string of the molecule is Cc1cc(-c2cccc(C(c3ccccc3)C3CCCC3)n2)c(C)[nH]1. The lowest BCUT2D eigenvalue weighted by molar-refractivity contribution is 0.476. The molecule has 1 atom stereocenters. The van der Waals surface area contributed by atoms with Gasteiger partial charge in [-0.1, -0.05) is 49.2 Å². The molecule has 4 rings (SSSR count). The Morgan fingerprint density at radius 1 is 0.960 bits per heavy atom. The summed E-state index contributed by atoms with van der Waals surface area (Å²) >= 11 is 0. The van der Waals surface area contributed by atoms with Crippen molar-refractivity contribution in [3.8, 4) is 11.3 Å². The van der Waals surface area contributed by atoms with Gasteiger partial charge in [-0.2, -0.15) is 0 Å². The van der Waals surface area contributed by atoms with Crippen LogP contribution in [0.4, 0.5) is 0 Å². The Morgan fingerprint density at radius 2 is 1.72 bits per heavy atom. The van der Waals surface area contributed by atoms with Gasteiger partial charge in [-0.05, 0) is 56.4 Å². The van der Waals surface area contributed by atoms with Gasteiger partial charge in [-0.15, -0.1) is 0 Å². The van der Waals surface area contributed by atoms with Crippen LogP contribution in [0.2, 0.25) is 0 Å². The minimum absolute atomic E-state index is 0.406. The molecule has 1 aromatic carbocycles. The molecule has 1 unspecified atom stereocenters. The van der Waals surface area contributed by atoms with Gasteiger partial charge in [0, 0.05) is 28.6 Å². The van der Waals surface area contributed by atoms with Crippen molar-refractivity contribution in [2.45, 2.75) is 45.4 Å². The smallest absolute Gasteiger partial charge is 0.0723 e. The zero-order valence-electron chi connectivity index (χ0n) is 15.1. The zero-order chi connectivity index (χ0) is 17.2. The highest BCUT2D eigenvalue weighted by Crippen LogP contribution is 2.41. The van der Waals surface area contributed by atoms with E-state index in [0.29, 0.717) is 11.8 Å². The van der Waals surface area contributed by atoms with E-state index in [4.69, 9.17) is 4.98 Å². The second kappa shape index (κ2) is 6.87. The average Bonchev–Trinajstić information content (AvgIpc) is 3.26. The van der Waals surface area contributed by atoms with Crippen molar-refractivity contribution in [1.82, 2.24) is 9.97 Å². The predicted molar refractivity (Wildman–Crippen MR) is 104 cm³/mol. The van der Waals surface area contributed by atoms with Gasteiger partial charge in [0.25, 0.3) is 0 Å². The van der Waals surface area contributed by atoms with Gasteiger partial charge in [0.1, 0.15) is 0 Å². The molecule has 25 heavy (non-hydrogen) atoms. The second-order valence-corrected chi connectivity index (χ2v) is 7.37. The van der Waals surface area contributed by atoms with E-state index in [-0.39, 0.29) is 0 Å². The number of nitrogens with one attached hydrogen (secondary N) is 1. The Balaban J connectivity index is 1.77. The van der Waals surface area contributed by atoms with Crippen LogP contribution in [0.1, 0.15) is 54.2 Å². The van der Waals surface area contributed by atoms with Crippen molar-refractivity contribution < 1.29 is 0 Å². The normalized spacial score (nSPS) is 16.2. The van der Waals surface area contributed by atoms with E-state index in [0.717, 1.165) is 5.69 Å². The summed E-state index contributed by atoms with van der Waals surface area (Å²) < 4.78 is 0. The number of H-pyrrole nitrogens is 1. The first-order chi connectivity index (χ1) is 12.2. The maximum Gasteiger partial charge on any atom is 0.0723 e. The van der Waals surface area contributed by atoms with Crippen molar-refractivity contribution in [3.05, 3.63) is 77.2 Å². The molecule has 1 fully saturated rings. The molecule has 0 aliphatic heterocycles. The quantitative estimate of drug-likeness (QED) is 0.623. The second-order valence-electron chi connectivity index (χ2n) is 7.37. The first kappa shape index (κ1) is 16.1. The molecule has 128 valence electrons. The summed E-state index contributed by atoms with van der Waals surface area (Å²) in [5.41, 5.74) is 7.31. The number of aromatic amines is 1. The minimum Gasteiger partial charge on any atom is -0.362 e. The largest absolute Gasteiger partial charge is 0.362 e. The zero-order valence-corrected chi connectivity index (χ0v) is 15.1. The monoisotopic (exact) mass is 330 g/mol. The third-order valence-corrected chi connectivity index (χ3v) is 5.54. The standard InChI is InChI=1S/C23H26N2/c1-16-15-20(17(2)24-16)21-13-8-14-22(25-21)23(19-11-6-7-12-19)18-9-4-3-5-10-18/h3-5,8-10,13-15,19,23-24H,6-7,11-12H2,1-2H3. The Hall–Kier alpha value is -2.35. The number of hydrogen-bond donors (Lipinski definition) is 1. The molecule has 1 N–H and O–H groups in total. The van der Waals surface area contributed by atoms with Crippen LogP contribution in [0.25, 0.3) is 11.3 Å². The molecular formula is C23H26N2. The fourth-order valence-corrected chi connectivity index (χ4v) is 4.40. The van der Waals surface area contributed by atoms with Crippen LogP contribution in [0.3, 0.4) is 0 Å². The highest BCUT2D eigenvalue weighted by atomic mass is 14.8. The van der Waals surface area contributed by atoms with Crippen LogP contribution in [-0.4, -0.2) is 9.97 Å². The van der Waals surface area contributed by atoms with Crippen LogP contribution >= 0.6 is 0 Å². The van der Waals surface area contributed by atoms with Crippen molar-refractivity contribution >= 4 is 0 Å².